The lowest BCUT2D eigenvalue weighted by molar-refractivity contribution is 0.722. The molecule has 1 atom stereocenters. The number of rotatable bonds is 3. The first-order chi connectivity index (χ1) is 9.15. The zero-order chi connectivity index (χ0) is 13.7. The molecule has 0 saturated heterocycles. The summed E-state index contributed by atoms with van der Waals surface area (Å²) < 4.78 is 1.02. The zero-order valence-electron chi connectivity index (χ0n) is 10.6. The Morgan fingerprint density at radius 3 is 2.53 bits per heavy atom. The van der Waals surface area contributed by atoms with Gasteiger partial charge in [-0.2, -0.15) is 0 Å². The molecule has 0 unspecified atom stereocenters. The van der Waals surface area contributed by atoms with E-state index in [9.17, 15) is 0 Å². The summed E-state index contributed by atoms with van der Waals surface area (Å²) in [4.78, 5) is 0. The SMILES string of the molecule is C[C@H](NC(=S)Nc1cccc(Br)c1)c1ccccc1. The summed E-state index contributed by atoms with van der Waals surface area (Å²) in [6.07, 6.45) is 0. The average Bonchev–Trinajstić information content (AvgIpc) is 2.39. The Balaban J connectivity index is 1.95. The summed E-state index contributed by atoms with van der Waals surface area (Å²) in [6, 6.07) is 18.3. The Labute approximate surface area is 127 Å². The summed E-state index contributed by atoms with van der Waals surface area (Å²) in [5.41, 5.74) is 2.17. The highest BCUT2D eigenvalue weighted by atomic mass is 79.9. The number of hydrogen-bond donors (Lipinski definition) is 2. The van der Waals surface area contributed by atoms with E-state index in [1.165, 1.54) is 5.56 Å². The number of halogens is 1. The molecule has 2 nitrogen and oxygen atoms in total. The molecule has 2 aromatic carbocycles. The van der Waals surface area contributed by atoms with E-state index in [0.29, 0.717) is 5.11 Å². The lowest BCUT2D eigenvalue weighted by atomic mass is 10.1. The van der Waals surface area contributed by atoms with E-state index in [4.69, 9.17) is 12.2 Å². The molecule has 4 heteroatoms. The molecule has 0 amide bonds. The van der Waals surface area contributed by atoms with Gasteiger partial charge in [0.05, 0.1) is 6.04 Å². The topological polar surface area (TPSA) is 24.1 Å². The van der Waals surface area contributed by atoms with Crippen LogP contribution in [0.4, 0.5) is 5.69 Å². The molecule has 0 fully saturated rings. The molecule has 98 valence electrons. The van der Waals surface area contributed by atoms with Crippen LogP contribution in [0, 0.1) is 0 Å². The Hall–Kier alpha value is -1.39. The van der Waals surface area contributed by atoms with Crippen molar-refractivity contribution in [2.24, 2.45) is 0 Å². The van der Waals surface area contributed by atoms with Crippen molar-refractivity contribution in [2.45, 2.75) is 13.0 Å². The molecule has 0 spiro atoms. The number of hydrogen-bond acceptors (Lipinski definition) is 1. The quantitative estimate of drug-likeness (QED) is 0.808. The second-order valence-electron chi connectivity index (χ2n) is 4.24. The van der Waals surface area contributed by atoms with Crippen LogP contribution in [0.5, 0.6) is 0 Å². The average molecular weight is 335 g/mol. The molecule has 2 aromatic rings. The summed E-state index contributed by atoms with van der Waals surface area (Å²) in [5.74, 6) is 0. The summed E-state index contributed by atoms with van der Waals surface area (Å²) in [5, 5.41) is 7.06. The van der Waals surface area contributed by atoms with Gasteiger partial charge in [0.1, 0.15) is 0 Å². The zero-order valence-corrected chi connectivity index (χ0v) is 13.0. The molecule has 0 aliphatic heterocycles. The van der Waals surface area contributed by atoms with Gasteiger partial charge in [-0.25, -0.2) is 0 Å². The summed E-state index contributed by atoms with van der Waals surface area (Å²) >= 11 is 8.75. The van der Waals surface area contributed by atoms with Crippen molar-refractivity contribution in [2.75, 3.05) is 5.32 Å². The molecule has 0 radical (unpaired) electrons. The maximum Gasteiger partial charge on any atom is 0.171 e. The fraction of sp³-hybridized carbons (Fsp3) is 0.133. The maximum absolute atomic E-state index is 5.32. The fourth-order valence-corrected chi connectivity index (χ4v) is 2.45. The minimum absolute atomic E-state index is 0.174. The van der Waals surface area contributed by atoms with E-state index < -0.39 is 0 Å². The Kier molecular flexibility index (Phi) is 4.93. The third-order valence-electron chi connectivity index (χ3n) is 2.73. The number of nitrogens with one attached hydrogen (secondary N) is 2. The van der Waals surface area contributed by atoms with Crippen LogP contribution in [0.15, 0.2) is 59.1 Å². The third-order valence-corrected chi connectivity index (χ3v) is 3.44. The minimum Gasteiger partial charge on any atom is -0.356 e. The van der Waals surface area contributed by atoms with E-state index >= 15 is 0 Å². The van der Waals surface area contributed by atoms with Crippen molar-refractivity contribution in [1.29, 1.82) is 0 Å². The van der Waals surface area contributed by atoms with Crippen LogP contribution in [-0.4, -0.2) is 5.11 Å². The summed E-state index contributed by atoms with van der Waals surface area (Å²) in [6.45, 7) is 2.09. The number of anilines is 1. The summed E-state index contributed by atoms with van der Waals surface area (Å²) in [7, 11) is 0. The molecular formula is C15H15BrN2S. The monoisotopic (exact) mass is 334 g/mol. The number of benzene rings is 2. The van der Waals surface area contributed by atoms with Crippen LogP contribution in [-0.2, 0) is 0 Å². The normalized spacial score (nSPS) is 11.7. The maximum atomic E-state index is 5.32. The highest BCUT2D eigenvalue weighted by molar-refractivity contribution is 9.10. The first kappa shape index (κ1) is 14.0. The van der Waals surface area contributed by atoms with Gasteiger partial charge in [0.15, 0.2) is 5.11 Å². The van der Waals surface area contributed by atoms with E-state index in [0.717, 1.165) is 10.2 Å². The van der Waals surface area contributed by atoms with E-state index in [1.807, 2.05) is 42.5 Å². The second kappa shape index (κ2) is 6.68. The molecule has 0 bridgehead atoms. The lowest BCUT2D eigenvalue weighted by Crippen LogP contribution is -2.30. The second-order valence-corrected chi connectivity index (χ2v) is 5.57. The largest absolute Gasteiger partial charge is 0.356 e. The van der Waals surface area contributed by atoms with Gasteiger partial charge in [-0.15, -0.1) is 0 Å². The lowest BCUT2D eigenvalue weighted by Gasteiger charge is -2.17. The van der Waals surface area contributed by atoms with Crippen LogP contribution in [0.2, 0.25) is 0 Å². The Morgan fingerprint density at radius 1 is 1.11 bits per heavy atom. The standard InChI is InChI=1S/C15H15BrN2S/c1-11(12-6-3-2-4-7-12)17-15(19)18-14-9-5-8-13(16)10-14/h2-11H,1H3,(H2,17,18,19)/t11-/m0/s1. The molecule has 2 N–H and O–H groups in total. The van der Waals surface area contributed by atoms with Crippen molar-refractivity contribution in [3.8, 4) is 0 Å². The highest BCUT2D eigenvalue weighted by Gasteiger charge is 2.06. The van der Waals surface area contributed by atoms with Crippen LogP contribution in [0.3, 0.4) is 0 Å². The van der Waals surface area contributed by atoms with Crippen LogP contribution >= 0.6 is 28.1 Å². The van der Waals surface area contributed by atoms with Gasteiger partial charge < -0.3 is 10.6 Å². The van der Waals surface area contributed by atoms with Gasteiger partial charge >= 0.3 is 0 Å². The number of thiocarbonyl (C=S) groups is 1. The van der Waals surface area contributed by atoms with Crippen molar-refractivity contribution >= 4 is 38.9 Å². The van der Waals surface area contributed by atoms with Crippen molar-refractivity contribution in [3.63, 3.8) is 0 Å². The van der Waals surface area contributed by atoms with Crippen LogP contribution in [0.25, 0.3) is 0 Å². The molecule has 0 aliphatic carbocycles. The molecule has 0 aliphatic rings. The van der Waals surface area contributed by atoms with Gasteiger partial charge in [-0.3, -0.25) is 0 Å². The predicted molar refractivity (Wildman–Crippen MR) is 88.4 cm³/mol. The first-order valence-corrected chi connectivity index (χ1v) is 7.23. The van der Waals surface area contributed by atoms with Crippen molar-refractivity contribution in [3.05, 3.63) is 64.6 Å². The van der Waals surface area contributed by atoms with Crippen LogP contribution < -0.4 is 10.6 Å². The first-order valence-electron chi connectivity index (χ1n) is 6.03. The van der Waals surface area contributed by atoms with Crippen molar-refractivity contribution in [1.82, 2.24) is 5.32 Å². The Bertz CT molecular complexity index is 557. The smallest absolute Gasteiger partial charge is 0.171 e. The fourth-order valence-electron chi connectivity index (χ4n) is 1.76. The molecule has 2 rings (SSSR count). The van der Waals surface area contributed by atoms with Gasteiger partial charge in [0, 0.05) is 10.2 Å². The van der Waals surface area contributed by atoms with Gasteiger partial charge in [-0.05, 0) is 42.9 Å². The van der Waals surface area contributed by atoms with E-state index in [2.05, 4.69) is 45.6 Å². The minimum atomic E-state index is 0.174. The van der Waals surface area contributed by atoms with Crippen LogP contribution in [0.1, 0.15) is 18.5 Å². The molecular weight excluding hydrogens is 320 g/mol. The molecule has 0 aromatic heterocycles. The molecule has 0 heterocycles. The van der Waals surface area contributed by atoms with E-state index in [-0.39, 0.29) is 6.04 Å². The van der Waals surface area contributed by atoms with Gasteiger partial charge in [0.25, 0.3) is 0 Å². The van der Waals surface area contributed by atoms with Gasteiger partial charge in [0.2, 0.25) is 0 Å². The van der Waals surface area contributed by atoms with Gasteiger partial charge in [-0.1, -0.05) is 52.3 Å². The molecule has 0 saturated carbocycles. The van der Waals surface area contributed by atoms with E-state index in [1.54, 1.807) is 0 Å². The Morgan fingerprint density at radius 2 is 1.84 bits per heavy atom. The highest BCUT2D eigenvalue weighted by Crippen LogP contribution is 2.16. The molecule has 19 heavy (non-hydrogen) atoms. The predicted octanol–water partition coefficient (Wildman–Crippen LogP) is 4.50. The van der Waals surface area contributed by atoms with Crippen molar-refractivity contribution < 1.29 is 0 Å². The third kappa shape index (κ3) is 4.33.